The number of rotatable bonds is 2. The fraction of sp³-hybridized carbons (Fsp3) is 0.250. The van der Waals surface area contributed by atoms with E-state index in [1.165, 1.54) is 17.0 Å². The molecule has 1 N–H and O–H groups in total. The smallest absolute Gasteiger partial charge is 0.373 e. The van der Waals surface area contributed by atoms with E-state index in [0.717, 1.165) is 0 Å². The fourth-order valence-electron chi connectivity index (χ4n) is 0.879. The van der Waals surface area contributed by atoms with Crippen molar-refractivity contribution in [3.8, 4) is 0 Å². The molecule has 0 aliphatic heterocycles. The van der Waals surface area contributed by atoms with Crippen molar-refractivity contribution >= 4 is 29.2 Å². The quantitative estimate of drug-likeness (QED) is 0.775. The molecular weight excluding hydrogens is 213 g/mol. The molecule has 0 saturated carbocycles. The summed E-state index contributed by atoms with van der Waals surface area (Å²) < 4.78 is 1.45. The molecule has 0 amide bonds. The summed E-state index contributed by atoms with van der Waals surface area (Å²) in [6, 6.07) is 0.880. The van der Waals surface area contributed by atoms with E-state index in [1.54, 1.807) is 13.0 Å². The Morgan fingerprint density at radius 3 is 2.31 bits per heavy atom. The molecule has 1 rings (SSSR count). The Morgan fingerprint density at radius 1 is 1.46 bits per heavy atom. The highest BCUT2D eigenvalue weighted by molar-refractivity contribution is 6.34. The summed E-state index contributed by atoms with van der Waals surface area (Å²) in [5.74, 6) is -0.927. The van der Waals surface area contributed by atoms with Gasteiger partial charge >= 0.3 is 5.97 Å². The van der Waals surface area contributed by atoms with Crippen molar-refractivity contribution in [3.05, 3.63) is 28.5 Å². The van der Waals surface area contributed by atoms with E-state index in [2.05, 4.69) is 0 Å². The fourth-order valence-corrected chi connectivity index (χ4v) is 1.40. The van der Waals surface area contributed by atoms with E-state index in [0.29, 0.717) is 10.0 Å². The molecule has 1 unspecified atom stereocenters. The Labute approximate surface area is 85.5 Å². The Kier molecular flexibility index (Phi) is 3.12. The van der Waals surface area contributed by atoms with Gasteiger partial charge in [-0.3, -0.25) is 0 Å². The molecule has 1 aromatic rings. The van der Waals surface area contributed by atoms with Gasteiger partial charge < -0.3 is 5.11 Å². The van der Waals surface area contributed by atoms with Crippen molar-refractivity contribution in [1.29, 1.82) is 0 Å². The minimum Gasteiger partial charge on any atom is -0.476 e. The zero-order chi connectivity index (χ0) is 10.0. The van der Waals surface area contributed by atoms with Gasteiger partial charge in [-0.2, -0.15) is 4.57 Å². The van der Waals surface area contributed by atoms with Gasteiger partial charge in [0, 0.05) is 6.92 Å². The first-order chi connectivity index (χ1) is 6.00. The minimum atomic E-state index is -0.927. The number of pyridine rings is 1. The SMILES string of the molecule is CC(C(=O)O)[n+]1cc(Cl)cc(Cl)c1. The molecule has 0 saturated heterocycles. The molecule has 0 aromatic carbocycles. The molecule has 1 aromatic heterocycles. The second-order valence-electron chi connectivity index (χ2n) is 2.63. The average Bonchev–Trinajstić information content (AvgIpc) is 2.01. The summed E-state index contributed by atoms with van der Waals surface area (Å²) in [7, 11) is 0. The maximum Gasteiger partial charge on any atom is 0.373 e. The Balaban J connectivity index is 3.07. The number of carboxylic acid groups (broad SMARTS) is 1. The third-order valence-electron chi connectivity index (χ3n) is 1.63. The number of hydrogen-bond donors (Lipinski definition) is 1. The summed E-state index contributed by atoms with van der Waals surface area (Å²) in [5, 5.41) is 9.54. The van der Waals surface area contributed by atoms with E-state index >= 15 is 0 Å². The Hall–Kier alpha value is -0.800. The second kappa shape index (κ2) is 3.94. The molecule has 0 aliphatic carbocycles. The van der Waals surface area contributed by atoms with Crippen molar-refractivity contribution in [2.75, 3.05) is 0 Å². The van der Waals surface area contributed by atoms with Crippen LogP contribution in [-0.2, 0) is 4.79 Å². The van der Waals surface area contributed by atoms with Crippen molar-refractivity contribution in [2.24, 2.45) is 0 Å². The third kappa shape index (κ3) is 2.57. The highest BCUT2D eigenvalue weighted by atomic mass is 35.5. The van der Waals surface area contributed by atoms with Gasteiger partial charge in [-0.05, 0) is 6.07 Å². The summed E-state index contributed by atoms with van der Waals surface area (Å²) in [4.78, 5) is 10.6. The first-order valence-corrected chi connectivity index (χ1v) is 4.36. The second-order valence-corrected chi connectivity index (χ2v) is 3.51. The van der Waals surface area contributed by atoms with Crippen molar-refractivity contribution < 1.29 is 14.5 Å². The summed E-state index contributed by atoms with van der Waals surface area (Å²) in [5.41, 5.74) is 0. The van der Waals surface area contributed by atoms with Crippen molar-refractivity contribution in [2.45, 2.75) is 13.0 Å². The zero-order valence-corrected chi connectivity index (χ0v) is 8.38. The normalized spacial score (nSPS) is 12.5. The maximum atomic E-state index is 10.6. The summed E-state index contributed by atoms with van der Waals surface area (Å²) in [6.45, 7) is 1.55. The van der Waals surface area contributed by atoms with E-state index in [-0.39, 0.29) is 0 Å². The topological polar surface area (TPSA) is 41.2 Å². The molecule has 0 radical (unpaired) electrons. The molecule has 0 aliphatic rings. The number of halogens is 2. The van der Waals surface area contributed by atoms with Gasteiger partial charge in [0.25, 0.3) is 6.04 Å². The number of carboxylic acids is 1. The van der Waals surface area contributed by atoms with Gasteiger partial charge in [0.05, 0.1) is 0 Å². The number of carbonyl (C=O) groups is 1. The first-order valence-electron chi connectivity index (χ1n) is 3.60. The predicted octanol–water partition coefficient (Wildman–Crippen LogP) is 1.93. The molecular formula is C8H8Cl2NO2+. The van der Waals surface area contributed by atoms with E-state index in [1.807, 2.05) is 0 Å². The van der Waals surface area contributed by atoms with Crippen molar-refractivity contribution in [1.82, 2.24) is 0 Å². The molecule has 1 atom stereocenters. The van der Waals surface area contributed by atoms with Crippen LogP contribution in [0.25, 0.3) is 0 Å². The van der Waals surface area contributed by atoms with Crippen LogP contribution in [0.1, 0.15) is 13.0 Å². The highest BCUT2D eigenvalue weighted by Crippen LogP contribution is 2.13. The predicted molar refractivity (Wildman–Crippen MR) is 49.0 cm³/mol. The molecule has 0 fully saturated rings. The first kappa shape index (κ1) is 10.3. The van der Waals surface area contributed by atoms with Gasteiger partial charge in [0.15, 0.2) is 12.4 Å². The van der Waals surface area contributed by atoms with Crippen LogP contribution >= 0.6 is 23.2 Å². The van der Waals surface area contributed by atoms with Crippen LogP contribution in [0.4, 0.5) is 0 Å². The number of aromatic nitrogens is 1. The van der Waals surface area contributed by atoms with E-state index < -0.39 is 12.0 Å². The largest absolute Gasteiger partial charge is 0.476 e. The molecule has 70 valence electrons. The van der Waals surface area contributed by atoms with Gasteiger partial charge in [-0.15, -0.1) is 0 Å². The Morgan fingerprint density at radius 2 is 1.92 bits per heavy atom. The molecule has 0 bridgehead atoms. The van der Waals surface area contributed by atoms with Crippen LogP contribution in [0.2, 0.25) is 10.0 Å². The standard InChI is InChI=1S/C8H7Cl2NO2/c1-5(8(12)13)11-3-6(9)2-7(10)4-11/h2-5H,1H3/p+1. The number of hydrogen-bond acceptors (Lipinski definition) is 1. The van der Waals surface area contributed by atoms with Gasteiger partial charge in [0.2, 0.25) is 0 Å². The average molecular weight is 221 g/mol. The summed E-state index contributed by atoms with van der Waals surface area (Å²) in [6.07, 6.45) is 3.04. The lowest BCUT2D eigenvalue weighted by atomic mass is 10.3. The summed E-state index contributed by atoms with van der Waals surface area (Å²) >= 11 is 11.4. The molecule has 3 nitrogen and oxygen atoms in total. The van der Waals surface area contributed by atoms with Crippen LogP contribution in [0.3, 0.4) is 0 Å². The van der Waals surface area contributed by atoms with Gasteiger partial charge in [0.1, 0.15) is 10.0 Å². The number of aliphatic carboxylic acids is 1. The van der Waals surface area contributed by atoms with Gasteiger partial charge in [-0.1, -0.05) is 23.2 Å². The molecule has 13 heavy (non-hydrogen) atoms. The third-order valence-corrected chi connectivity index (χ3v) is 2.04. The molecule has 0 spiro atoms. The van der Waals surface area contributed by atoms with Crippen LogP contribution in [0.5, 0.6) is 0 Å². The molecule has 5 heteroatoms. The van der Waals surface area contributed by atoms with Crippen LogP contribution < -0.4 is 4.57 Å². The van der Waals surface area contributed by atoms with Crippen LogP contribution in [0, 0.1) is 0 Å². The van der Waals surface area contributed by atoms with E-state index in [9.17, 15) is 4.79 Å². The lowest BCUT2D eigenvalue weighted by Crippen LogP contribution is -2.41. The Bertz CT molecular complexity index is 321. The van der Waals surface area contributed by atoms with Gasteiger partial charge in [-0.25, -0.2) is 4.79 Å². The van der Waals surface area contributed by atoms with Crippen LogP contribution in [0.15, 0.2) is 18.5 Å². The zero-order valence-electron chi connectivity index (χ0n) is 6.87. The monoisotopic (exact) mass is 220 g/mol. The lowest BCUT2D eigenvalue weighted by Gasteiger charge is -2.01. The maximum absolute atomic E-state index is 10.6. The number of nitrogens with zero attached hydrogens (tertiary/aromatic N) is 1. The lowest BCUT2D eigenvalue weighted by molar-refractivity contribution is -0.707. The minimum absolute atomic E-state index is 0.417. The highest BCUT2D eigenvalue weighted by Gasteiger charge is 2.21. The van der Waals surface area contributed by atoms with Crippen LogP contribution in [-0.4, -0.2) is 11.1 Å². The molecule has 1 heterocycles. The van der Waals surface area contributed by atoms with Crippen molar-refractivity contribution in [3.63, 3.8) is 0 Å². The van der Waals surface area contributed by atoms with E-state index in [4.69, 9.17) is 28.3 Å².